The molecule has 0 amide bonds. The first kappa shape index (κ1) is 8.01. The van der Waals surface area contributed by atoms with Crippen LogP contribution >= 0.6 is 0 Å². The first-order valence-electron chi connectivity index (χ1n) is 3.48. The Hall–Kier alpha value is -1.09. The normalized spacial score (nSPS) is 13.0. The number of H-pyrrole nitrogens is 1. The molecule has 0 aliphatic heterocycles. The number of nitrogens with one attached hydrogen (secondary N) is 1. The van der Waals surface area contributed by atoms with Gasteiger partial charge in [0, 0.05) is 11.8 Å². The number of aromatic nitrogens is 1. The lowest BCUT2D eigenvalue weighted by molar-refractivity contribution is 0.199. The SMILES string of the molecule is Cc1cc(C(C)O)cc(=O)[nH]1. The van der Waals surface area contributed by atoms with Crippen molar-refractivity contribution in [2.45, 2.75) is 20.0 Å². The highest BCUT2D eigenvalue weighted by Crippen LogP contribution is 2.08. The molecule has 0 saturated carbocycles. The second-order valence-electron chi connectivity index (χ2n) is 2.64. The van der Waals surface area contributed by atoms with Gasteiger partial charge in [0.05, 0.1) is 6.10 Å². The monoisotopic (exact) mass is 153 g/mol. The first-order chi connectivity index (χ1) is 5.09. The van der Waals surface area contributed by atoms with Crippen LogP contribution in [0.15, 0.2) is 16.9 Å². The lowest BCUT2D eigenvalue weighted by Crippen LogP contribution is -2.08. The predicted octanol–water partition coefficient (Wildman–Crippen LogP) is 0.737. The van der Waals surface area contributed by atoms with Gasteiger partial charge >= 0.3 is 0 Å². The van der Waals surface area contributed by atoms with Gasteiger partial charge in [0.25, 0.3) is 0 Å². The molecule has 0 spiro atoms. The van der Waals surface area contributed by atoms with Crippen LogP contribution in [-0.2, 0) is 0 Å². The number of rotatable bonds is 1. The van der Waals surface area contributed by atoms with Crippen molar-refractivity contribution in [2.75, 3.05) is 0 Å². The predicted molar refractivity (Wildman–Crippen MR) is 42.4 cm³/mol. The van der Waals surface area contributed by atoms with E-state index in [0.717, 1.165) is 5.69 Å². The zero-order valence-electron chi connectivity index (χ0n) is 6.59. The molecule has 3 nitrogen and oxygen atoms in total. The van der Waals surface area contributed by atoms with E-state index in [1.807, 2.05) is 0 Å². The molecule has 1 unspecified atom stereocenters. The third kappa shape index (κ3) is 1.91. The van der Waals surface area contributed by atoms with E-state index in [2.05, 4.69) is 4.98 Å². The minimum Gasteiger partial charge on any atom is -0.389 e. The fraction of sp³-hybridized carbons (Fsp3) is 0.375. The van der Waals surface area contributed by atoms with Gasteiger partial charge in [0.15, 0.2) is 0 Å². The summed E-state index contributed by atoms with van der Waals surface area (Å²) in [5.74, 6) is 0. The van der Waals surface area contributed by atoms with Crippen LogP contribution in [0.1, 0.15) is 24.3 Å². The van der Waals surface area contributed by atoms with Crippen LogP contribution in [0.4, 0.5) is 0 Å². The Morgan fingerprint density at radius 1 is 1.55 bits per heavy atom. The van der Waals surface area contributed by atoms with E-state index in [-0.39, 0.29) is 5.56 Å². The first-order valence-corrected chi connectivity index (χ1v) is 3.48. The van der Waals surface area contributed by atoms with Crippen molar-refractivity contribution in [3.8, 4) is 0 Å². The summed E-state index contributed by atoms with van der Waals surface area (Å²) in [6.45, 7) is 3.42. The van der Waals surface area contributed by atoms with Gasteiger partial charge in [-0.15, -0.1) is 0 Å². The molecule has 11 heavy (non-hydrogen) atoms. The number of aliphatic hydroxyl groups is 1. The minimum absolute atomic E-state index is 0.166. The zero-order valence-corrected chi connectivity index (χ0v) is 6.59. The van der Waals surface area contributed by atoms with Crippen molar-refractivity contribution in [3.05, 3.63) is 33.7 Å². The molecule has 2 N–H and O–H groups in total. The van der Waals surface area contributed by atoms with E-state index in [1.165, 1.54) is 6.07 Å². The molecule has 1 atom stereocenters. The van der Waals surface area contributed by atoms with Gasteiger partial charge in [0.1, 0.15) is 0 Å². The number of aliphatic hydroxyl groups excluding tert-OH is 1. The molecule has 0 saturated heterocycles. The summed E-state index contributed by atoms with van der Waals surface area (Å²) >= 11 is 0. The topological polar surface area (TPSA) is 53.1 Å². The zero-order chi connectivity index (χ0) is 8.43. The van der Waals surface area contributed by atoms with E-state index >= 15 is 0 Å². The highest BCUT2D eigenvalue weighted by atomic mass is 16.3. The van der Waals surface area contributed by atoms with E-state index < -0.39 is 6.10 Å². The Morgan fingerprint density at radius 3 is 2.64 bits per heavy atom. The lowest BCUT2D eigenvalue weighted by Gasteiger charge is -2.03. The standard InChI is InChI=1S/C8H11NO2/c1-5-3-7(6(2)10)4-8(11)9-5/h3-4,6,10H,1-2H3,(H,9,11). The molecule has 1 aromatic heterocycles. The maximum atomic E-state index is 10.8. The van der Waals surface area contributed by atoms with E-state index in [9.17, 15) is 4.79 Å². The molecule has 0 aromatic carbocycles. The molecule has 0 fully saturated rings. The molecule has 1 heterocycles. The summed E-state index contributed by atoms with van der Waals surface area (Å²) in [6, 6.07) is 3.16. The highest BCUT2D eigenvalue weighted by molar-refractivity contribution is 5.17. The summed E-state index contributed by atoms with van der Waals surface area (Å²) < 4.78 is 0. The molecule has 0 aliphatic carbocycles. The van der Waals surface area contributed by atoms with Gasteiger partial charge < -0.3 is 10.1 Å². The van der Waals surface area contributed by atoms with Crippen molar-refractivity contribution < 1.29 is 5.11 Å². The van der Waals surface area contributed by atoms with Crippen molar-refractivity contribution >= 4 is 0 Å². The number of hydrogen-bond acceptors (Lipinski definition) is 2. The Bertz CT molecular complexity index is 301. The highest BCUT2D eigenvalue weighted by Gasteiger charge is 2.01. The molecule has 0 bridgehead atoms. The van der Waals surface area contributed by atoms with Crippen LogP contribution in [0.2, 0.25) is 0 Å². The number of pyridine rings is 1. The second kappa shape index (κ2) is 2.88. The van der Waals surface area contributed by atoms with E-state index in [1.54, 1.807) is 19.9 Å². The largest absolute Gasteiger partial charge is 0.389 e. The fourth-order valence-corrected chi connectivity index (χ4v) is 0.951. The van der Waals surface area contributed by atoms with Crippen molar-refractivity contribution in [1.82, 2.24) is 4.98 Å². The van der Waals surface area contributed by atoms with E-state index in [0.29, 0.717) is 5.56 Å². The molecule has 1 rings (SSSR count). The fourth-order valence-electron chi connectivity index (χ4n) is 0.951. The Labute approximate surface area is 64.7 Å². The summed E-state index contributed by atoms with van der Waals surface area (Å²) in [5, 5.41) is 9.12. The van der Waals surface area contributed by atoms with Gasteiger partial charge in [-0.2, -0.15) is 0 Å². The summed E-state index contributed by atoms with van der Waals surface area (Å²) in [4.78, 5) is 13.4. The average molecular weight is 153 g/mol. The summed E-state index contributed by atoms with van der Waals surface area (Å²) in [5.41, 5.74) is 1.26. The van der Waals surface area contributed by atoms with Gasteiger partial charge in [-0.25, -0.2) is 0 Å². The summed E-state index contributed by atoms with van der Waals surface area (Å²) in [7, 11) is 0. The molecular formula is C8H11NO2. The van der Waals surface area contributed by atoms with E-state index in [4.69, 9.17) is 5.11 Å². The molecule has 3 heteroatoms. The molecule has 1 aromatic rings. The molecule has 0 aliphatic rings. The minimum atomic E-state index is -0.573. The Balaban J connectivity index is 3.19. The molecule has 60 valence electrons. The van der Waals surface area contributed by atoms with Gasteiger partial charge in [-0.1, -0.05) is 0 Å². The maximum absolute atomic E-state index is 10.8. The Morgan fingerprint density at radius 2 is 2.18 bits per heavy atom. The number of aryl methyl sites for hydroxylation is 1. The Kier molecular flexibility index (Phi) is 2.10. The molecular weight excluding hydrogens is 142 g/mol. The average Bonchev–Trinajstić information content (AvgIpc) is 1.85. The summed E-state index contributed by atoms with van der Waals surface area (Å²) in [6.07, 6.45) is -0.573. The van der Waals surface area contributed by atoms with Gasteiger partial charge in [-0.05, 0) is 25.5 Å². The third-order valence-electron chi connectivity index (χ3n) is 1.48. The van der Waals surface area contributed by atoms with Crippen molar-refractivity contribution in [1.29, 1.82) is 0 Å². The maximum Gasteiger partial charge on any atom is 0.248 e. The van der Waals surface area contributed by atoms with Crippen LogP contribution in [0, 0.1) is 6.92 Å². The van der Waals surface area contributed by atoms with Gasteiger partial charge in [0.2, 0.25) is 5.56 Å². The van der Waals surface area contributed by atoms with Crippen LogP contribution < -0.4 is 5.56 Å². The third-order valence-corrected chi connectivity index (χ3v) is 1.48. The smallest absolute Gasteiger partial charge is 0.248 e. The van der Waals surface area contributed by atoms with Crippen LogP contribution in [0.5, 0.6) is 0 Å². The quantitative estimate of drug-likeness (QED) is 0.625. The molecule has 0 radical (unpaired) electrons. The lowest BCUT2D eigenvalue weighted by atomic mass is 10.1. The van der Waals surface area contributed by atoms with Crippen molar-refractivity contribution in [3.63, 3.8) is 0 Å². The number of hydrogen-bond donors (Lipinski definition) is 2. The van der Waals surface area contributed by atoms with Gasteiger partial charge in [-0.3, -0.25) is 4.79 Å². The van der Waals surface area contributed by atoms with Crippen LogP contribution in [0.3, 0.4) is 0 Å². The van der Waals surface area contributed by atoms with Crippen LogP contribution in [-0.4, -0.2) is 10.1 Å². The van der Waals surface area contributed by atoms with Crippen molar-refractivity contribution in [2.24, 2.45) is 0 Å². The number of aromatic amines is 1. The van der Waals surface area contributed by atoms with Crippen LogP contribution in [0.25, 0.3) is 0 Å². The second-order valence-corrected chi connectivity index (χ2v) is 2.64.